The summed E-state index contributed by atoms with van der Waals surface area (Å²) in [6.45, 7) is 2.36. The third-order valence-electron chi connectivity index (χ3n) is 4.04. The second-order valence-corrected chi connectivity index (χ2v) is 6.85. The van der Waals surface area contributed by atoms with Crippen LogP contribution in [0.1, 0.15) is 21.2 Å². The number of rotatable bonds is 5. The lowest BCUT2D eigenvalue weighted by atomic mass is 10.2. The van der Waals surface area contributed by atoms with Crippen molar-refractivity contribution in [2.75, 3.05) is 6.54 Å². The lowest BCUT2D eigenvalue weighted by Crippen LogP contribution is -2.26. The van der Waals surface area contributed by atoms with Gasteiger partial charge in [-0.15, -0.1) is 21.5 Å². The number of thiazole rings is 1. The molecule has 0 saturated carbocycles. The maximum absolute atomic E-state index is 12.5. The minimum absolute atomic E-state index is 0.101. The largest absolute Gasteiger partial charge is 0.351 e. The van der Waals surface area contributed by atoms with Gasteiger partial charge in [0.05, 0.1) is 5.69 Å². The van der Waals surface area contributed by atoms with Crippen molar-refractivity contribution >= 4 is 22.9 Å². The third kappa shape index (κ3) is 3.21. The van der Waals surface area contributed by atoms with Gasteiger partial charge in [0.15, 0.2) is 5.65 Å². The fourth-order valence-corrected chi connectivity index (χ4v) is 3.73. The Bertz CT molecular complexity index is 1050. The average molecular weight is 363 g/mol. The van der Waals surface area contributed by atoms with E-state index in [-0.39, 0.29) is 5.91 Å². The number of pyridine rings is 1. The van der Waals surface area contributed by atoms with Crippen LogP contribution in [0.2, 0.25) is 0 Å². The summed E-state index contributed by atoms with van der Waals surface area (Å²) >= 11 is 1.41. The fraction of sp³-hybridized carbons (Fsp3) is 0.158. The van der Waals surface area contributed by atoms with Crippen molar-refractivity contribution in [1.82, 2.24) is 24.9 Å². The zero-order valence-corrected chi connectivity index (χ0v) is 15.0. The molecular formula is C19H17N5OS. The second kappa shape index (κ2) is 7.05. The van der Waals surface area contributed by atoms with Crippen LogP contribution in [-0.2, 0) is 6.42 Å². The standard InChI is InChI=1S/C19H17N5OS/c1-13-17(26-19(21-13)14-7-3-2-4-8-14)18(25)20-11-10-16-23-22-15-9-5-6-12-24(15)16/h2-9,12H,10-11H2,1H3,(H,20,25). The molecule has 3 aromatic heterocycles. The summed E-state index contributed by atoms with van der Waals surface area (Å²) in [6, 6.07) is 15.7. The molecule has 0 aliphatic rings. The molecule has 0 aliphatic carbocycles. The molecular weight excluding hydrogens is 346 g/mol. The van der Waals surface area contributed by atoms with Gasteiger partial charge in [-0.05, 0) is 19.1 Å². The first-order valence-corrected chi connectivity index (χ1v) is 9.14. The van der Waals surface area contributed by atoms with Gasteiger partial charge >= 0.3 is 0 Å². The van der Waals surface area contributed by atoms with Gasteiger partial charge in [0.2, 0.25) is 0 Å². The number of hydrogen-bond donors (Lipinski definition) is 1. The molecule has 4 rings (SSSR count). The third-order valence-corrected chi connectivity index (χ3v) is 5.25. The second-order valence-electron chi connectivity index (χ2n) is 5.85. The number of nitrogens with zero attached hydrogens (tertiary/aromatic N) is 4. The van der Waals surface area contributed by atoms with Gasteiger partial charge in [0.25, 0.3) is 5.91 Å². The van der Waals surface area contributed by atoms with Gasteiger partial charge in [-0.2, -0.15) is 0 Å². The first-order chi connectivity index (χ1) is 12.7. The summed E-state index contributed by atoms with van der Waals surface area (Å²) < 4.78 is 1.93. The van der Waals surface area contributed by atoms with Crippen molar-refractivity contribution in [3.8, 4) is 10.6 Å². The molecule has 0 aliphatic heterocycles. The predicted molar refractivity (Wildman–Crippen MR) is 101 cm³/mol. The first kappa shape index (κ1) is 16.4. The van der Waals surface area contributed by atoms with Crippen LogP contribution in [-0.4, -0.2) is 32.0 Å². The molecule has 7 heteroatoms. The van der Waals surface area contributed by atoms with Crippen LogP contribution in [0, 0.1) is 6.92 Å². The van der Waals surface area contributed by atoms with Crippen LogP contribution in [0.25, 0.3) is 16.2 Å². The van der Waals surface area contributed by atoms with Crippen LogP contribution >= 0.6 is 11.3 Å². The lowest BCUT2D eigenvalue weighted by Gasteiger charge is -2.03. The summed E-state index contributed by atoms with van der Waals surface area (Å²) in [4.78, 5) is 17.7. The van der Waals surface area contributed by atoms with Gasteiger partial charge < -0.3 is 5.32 Å². The lowest BCUT2D eigenvalue weighted by molar-refractivity contribution is 0.0957. The number of carbonyl (C=O) groups excluding carboxylic acids is 1. The van der Waals surface area contributed by atoms with Crippen molar-refractivity contribution in [2.45, 2.75) is 13.3 Å². The molecule has 1 amide bonds. The molecule has 0 radical (unpaired) electrons. The average Bonchev–Trinajstić information content (AvgIpc) is 3.26. The number of benzene rings is 1. The molecule has 26 heavy (non-hydrogen) atoms. The zero-order chi connectivity index (χ0) is 17.9. The Balaban J connectivity index is 1.43. The quantitative estimate of drug-likeness (QED) is 0.591. The minimum Gasteiger partial charge on any atom is -0.351 e. The fourth-order valence-electron chi connectivity index (χ4n) is 2.74. The van der Waals surface area contributed by atoms with E-state index in [0.717, 1.165) is 27.7 Å². The molecule has 0 bridgehead atoms. The van der Waals surface area contributed by atoms with E-state index in [1.165, 1.54) is 11.3 Å². The maximum Gasteiger partial charge on any atom is 0.263 e. The Morgan fingerprint density at radius 1 is 1.12 bits per heavy atom. The molecule has 0 spiro atoms. The Morgan fingerprint density at radius 2 is 1.92 bits per heavy atom. The highest BCUT2D eigenvalue weighted by Crippen LogP contribution is 2.27. The maximum atomic E-state index is 12.5. The van der Waals surface area contributed by atoms with Gasteiger partial charge in [0, 0.05) is 24.7 Å². The van der Waals surface area contributed by atoms with Crippen LogP contribution in [0.5, 0.6) is 0 Å². The number of carbonyl (C=O) groups is 1. The van der Waals surface area contributed by atoms with Gasteiger partial charge in [-0.3, -0.25) is 9.20 Å². The summed E-state index contributed by atoms with van der Waals surface area (Å²) in [6.07, 6.45) is 2.53. The van der Waals surface area contributed by atoms with E-state index >= 15 is 0 Å². The van der Waals surface area contributed by atoms with E-state index in [4.69, 9.17) is 0 Å². The summed E-state index contributed by atoms with van der Waals surface area (Å²) in [7, 11) is 0. The monoisotopic (exact) mass is 363 g/mol. The molecule has 4 aromatic rings. The van der Waals surface area contributed by atoms with Crippen molar-refractivity contribution in [3.05, 3.63) is 71.1 Å². The number of nitrogens with one attached hydrogen (secondary N) is 1. The van der Waals surface area contributed by atoms with E-state index in [9.17, 15) is 4.79 Å². The molecule has 0 atom stereocenters. The smallest absolute Gasteiger partial charge is 0.263 e. The van der Waals surface area contributed by atoms with E-state index in [0.29, 0.717) is 17.8 Å². The molecule has 1 N–H and O–H groups in total. The van der Waals surface area contributed by atoms with Crippen molar-refractivity contribution in [3.63, 3.8) is 0 Å². The summed E-state index contributed by atoms with van der Waals surface area (Å²) in [5.74, 6) is 0.725. The SMILES string of the molecule is Cc1nc(-c2ccccc2)sc1C(=O)NCCc1nnc2ccccn12. The van der Waals surface area contributed by atoms with Gasteiger partial charge in [-0.1, -0.05) is 36.4 Å². The number of fused-ring (bicyclic) bond motifs is 1. The molecule has 6 nitrogen and oxygen atoms in total. The molecule has 3 heterocycles. The molecule has 1 aromatic carbocycles. The Labute approximate surface area is 154 Å². The number of aromatic nitrogens is 4. The van der Waals surface area contributed by atoms with E-state index < -0.39 is 0 Å². The predicted octanol–water partition coefficient (Wildman–Crippen LogP) is 3.13. The Hall–Kier alpha value is -3.06. The molecule has 130 valence electrons. The van der Waals surface area contributed by atoms with Crippen LogP contribution < -0.4 is 5.32 Å². The van der Waals surface area contributed by atoms with Crippen molar-refractivity contribution < 1.29 is 4.79 Å². The highest BCUT2D eigenvalue weighted by molar-refractivity contribution is 7.17. The van der Waals surface area contributed by atoms with Crippen molar-refractivity contribution in [2.24, 2.45) is 0 Å². The highest BCUT2D eigenvalue weighted by atomic mass is 32.1. The minimum atomic E-state index is -0.101. The molecule has 0 saturated heterocycles. The van der Waals surface area contributed by atoms with Crippen LogP contribution in [0.3, 0.4) is 0 Å². The number of aryl methyl sites for hydroxylation is 1. The van der Waals surface area contributed by atoms with Crippen LogP contribution in [0.4, 0.5) is 0 Å². The normalized spacial score (nSPS) is 11.0. The number of amides is 1. The van der Waals surface area contributed by atoms with Gasteiger partial charge in [-0.25, -0.2) is 4.98 Å². The molecule has 0 fully saturated rings. The molecule has 0 unspecified atom stereocenters. The number of hydrogen-bond acceptors (Lipinski definition) is 5. The Morgan fingerprint density at radius 3 is 2.77 bits per heavy atom. The summed E-state index contributed by atoms with van der Waals surface area (Å²) in [5.41, 5.74) is 2.58. The van der Waals surface area contributed by atoms with Gasteiger partial charge in [0.1, 0.15) is 15.7 Å². The zero-order valence-electron chi connectivity index (χ0n) is 14.2. The topological polar surface area (TPSA) is 72.2 Å². The highest BCUT2D eigenvalue weighted by Gasteiger charge is 2.16. The van der Waals surface area contributed by atoms with E-state index in [1.807, 2.05) is 66.1 Å². The Kier molecular flexibility index (Phi) is 4.45. The van der Waals surface area contributed by atoms with E-state index in [2.05, 4.69) is 20.5 Å². The summed E-state index contributed by atoms with van der Waals surface area (Å²) in [5, 5.41) is 12.1. The van der Waals surface area contributed by atoms with Crippen molar-refractivity contribution in [1.29, 1.82) is 0 Å². The first-order valence-electron chi connectivity index (χ1n) is 8.32. The van der Waals surface area contributed by atoms with Crippen LogP contribution in [0.15, 0.2) is 54.7 Å². The van der Waals surface area contributed by atoms with E-state index in [1.54, 1.807) is 0 Å².